The van der Waals surface area contributed by atoms with Crippen LogP contribution in [0.1, 0.15) is 63.0 Å². The molecule has 0 radical (unpaired) electrons. The Morgan fingerprint density at radius 3 is 2.20 bits per heavy atom. The van der Waals surface area contributed by atoms with Crippen LogP contribution in [0.5, 0.6) is 11.5 Å². The van der Waals surface area contributed by atoms with Gasteiger partial charge in [0.1, 0.15) is 17.3 Å². The van der Waals surface area contributed by atoms with Crippen molar-refractivity contribution in [2.24, 2.45) is 17.8 Å². The largest absolute Gasteiger partial charge is 0.429 e. The molecule has 2 aliphatic rings. The Balaban J connectivity index is 1.23. The molecule has 0 bridgehead atoms. The number of hydrogen-bond acceptors (Lipinski definition) is 4. The van der Waals surface area contributed by atoms with Gasteiger partial charge in [0.05, 0.1) is 18.8 Å². The number of hydrogen-bond donors (Lipinski definition) is 0. The van der Waals surface area contributed by atoms with Crippen LogP contribution in [0.15, 0.2) is 60.6 Å². The lowest BCUT2D eigenvalue weighted by atomic mass is 9.79. The Morgan fingerprint density at radius 2 is 1.59 bits per heavy atom. The van der Waals surface area contributed by atoms with E-state index in [2.05, 4.69) is 16.4 Å². The number of rotatable bonds is 11. The Kier molecular flexibility index (Phi) is 10.8. The van der Waals surface area contributed by atoms with Crippen LogP contribution in [-0.4, -0.2) is 19.5 Å². The van der Waals surface area contributed by atoms with Crippen molar-refractivity contribution < 1.29 is 45.3 Å². The average Bonchev–Trinajstić information content (AvgIpc) is 2.96. The molecule has 0 N–H and O–H groups in total. The van der Waals surface area contributed by atoms with Crippen LogP contribution in [0.4, 0.5) is 26.3 Å². The van der Waals surface area contributed by atoms with Crippen LogP contribution >= 0.6 is 0 Å². The quantitative estimate of drug-likeness (QED) is 0.195. The molecule has 41 heavy (non-hydrogen) atoms. The molecule has 4 rings (SSSR count). The summed E-state index contributed by atoms with van der Waals surface area (Å²) in [5.74, 6) is -0.358. The fraction of sp³-hybridized carbons (Fsp3) is 0.484. The van der Waals surface area contributed by atoms with E-state index in [1.807, 2.05) is 6.08 Å². The smallest absolute Gasteiger partial charge is 0.429 e. The van der Waals surface area contributed by atoms with E-state index in [1.54, 1.807) is 6.08 Å². The zero-order valence-corrected chi connectivity index (χ0v) is 22.8. The van der Waals surface area contributed by atoms with Crippen molar-refractivity contribution >= 4 is 6.08 Å². The van der Waals surface area contributed by atoms with Crippen molar-refractivity contribution in [1.29, 1.82) is 0 Å². The number of halogens is 6. The molecule has 0 unspecified atom stereocenters. The molecule has 0 spiro atoms. The molecule has 2 aromatic rings. The normalized spacial score (nSPS) is 23.4. The first-order chi connectivity index (χ1) is 19.6. The Bertz CT molecular complexity index is 1180. The maximum absolute atomic E-state index is 14.6. The lowest BCUT2D eigenvalue weighted by molar-refractivity contribution is -0.229. The molecule has 0 aromatic heterocycles. The first-order valence-electron chi connectivity index (χ1n) is 13.9. The zero-order valence-electron chi connectivity index (χ0n) is 22.8. The molecule has 0 atom stereocenters. The average molecular weight is 585 g/mol. The minimum atomic E-state index is -4.02. The van der Waals surface area contributed by atoms with E-state index in [4.69, 9.17) is 9.47 Å². The van der Waals surface area contributed by atoms with Gasteiger partial charge < -0.3 is 18.9 Å². The molecule has 1 saturated carbocycles. The molecular formula is C31H34F6O4. The van der Waals surface area contributed by atoms with Crippen LogP contribution in [-0.2, 0) is 15.6 Å². The summed E-state index contributed by atoms with van der Waals surface area (Å²) in [5, 5.41) is 0. The predicted octanol–water partition coefficient (Wildman–Crippen LogP) is 9.37. The monoisotopic (exact) mass is 584 g/mol. The molecule has 2 aromatic carbocycles. The van der Waals surface area contributed by atoms with Gasteiger partial charge >= 0.3 is 18.2 Å². The summed E-state index contributed by atoms with van der Waals surface area (Å²) < 4.78 is 102. The number of ether oxygens (including phenoxy) is 4. The third-order valence-electron chi connectivity index (χ3n) is 7.63. The van der Waals surface area contributed by atoms with Crippen LogP contribution < -0.4 is 9.47 Å². The lowest BCUT2D eigenvalue weighted by Gasteiger charge is -2.37. The molecule has 1 aliphatic heterocycles. The highest BCUT2D eigenvalue weighted by Gasteiger charge is 2.38. The van der Waals surface area contributed by atoms with Crippen molar-refractivity contribution in [3.8, 4) is 11.5 Å². The van der Waals surface area contributed by atoms with E-state index in [0.717, 1.165) is 94.6 Å². The number of alkyl halides is 2. The first-order valence-corrected chi connectivity index (χ1v) is 13.9. The van der Waals surface area contributed by atoms with Gasteiger partial charge in [0.15, 0.2) is 6.29 Å². The third kappa shape index (κ3) is 8.75. The van der Waals surface area contributed by atoms with Gasteiger partial charge in [0.2, 0.25) is 0 Å². The Morgan fingerprint density at radius 1 is 0.927 bits per heavy atom. The van der Waals surface area contributed by atoms with Gasteiger partial charge in [0.25, 0.3) is 0 Å². The van der Waals surface area contributed by atoms with Crippen molar-refractivity contribution in [2.45, 2.75) is 64.3 Å². The van der Waals surface area contributed by atoms with Crippen molar-refractivity contribution in [3.63, 3.8) is 0 Å². The molecule has 0 amide bonds. The summed E-state index contributed by atoms with van der Waals surface area (Å²) in [5.41, 5.74) is -0.518. The van der Waals surface area contributed by atoms with E-state index in [-0.39, 0.29) is 12.0 Å². The van der Waals surface area contributed by atoms with Gasteiger partial charge in [-0.05, 0) is 92.8 Å². The summed E-state index contributed by atoms with van der Waals surface area (Å²) in [4.78, 5) is 0. The van der Waals surface area contributed by atoms with E-state index >= 15 is 0 Å². The summed E-state index contributed by atoms with van der Waals surface area (Å²) in [6, 6.07) is 5.10. The highest BCUT2D eigenvalue weighted by molar-refractivity contribution is 5.50. The van der Waals surface area contributed by atoms with Crippen molar-refractivity contribution in [1.82, 2.24) is 0 Å². The molecule has 1 aliphatic carbocycles. The lowest BCUT2D eigenvalue weighted by Crippen LogP contribution is -2.38. The van der Waals surface area contributed by atoms with Crippen molar-refractivity contribution in [2.75, 3.05) is 13.2 Å². The van der Waals surface area contributed by atoms with Crippen molar-refractivity contribution in [3.05, 3.63) is 77.6 Å². The van der Waals surface area contributed by atoms with Crippen LogP contribution in [0, 0.1) is 23.6 Å². The second-order valence-corrected chi connectivity index (χ2v) is 10.5. The van der Waals surface area contributed by atoms with Gasteiger partial charge in [0, 0.05) is 11.8 Å². The third-order valence-corrected chi connectivity index (χ3v) is 7.63. The van der Waals surface area contributed by atoms with Gasteiger partial charge in [-0.1, -0.05) is 25.1 Å². The predicted molar refractivity (Wildman–Crippen MR) is 142 cm³/mol. The fourth-order valence-corrected chi connectivity index (χ4v) is 5.16. The van der Waals surface area contributed by atoms with E-state index < -0.39 is 35.3 Å². The van der Waals surface area contributed by atoms with Gasteiger partial charge in [-0.15, -0.1) is 0 Å². The van der Waals surface area contributed by atoms with Gasteiger partial charge in [-0.2, -0.15) is 22.0 Å². The summed E-state index contributed by atoms with van der Waals surface area (Å²) in [7, 11) is 0. The second-order valence-electron chi connectivity index (χ2n) is 10.5. The second kappa shape index (κ2) is 14.3. The molecule has 4 nitrogen and oxygen atoms in total. The van der Waals surface area contributed by atoms with Crippen LogP contribution in [0.25, 0.3) is 6.08 Å². The SMILES string of the molecule is CCC1COC(C2CCC(CCC=Cc3ccc(C(F)(F)Oc4ccc(OC(F)=C(F)F)cc4)c(F)c3)CC2)OC1. The van der Waals surface area contributed by atoms with Crippen LogP contribution in [0.2, 0.25) is 0 Å². The summed E-state index contributed by atoms with van der Waals surface area (Å²) >= 11 is 0. The Labute approximate surface area is 235 Å². The molecule has 2 fully saturated rings. The minimum absolute atomic E-state index is 0.0847. The summed E-state index contributed by atoms with van der Waals surface area (Å²) in [6.07, 6.45) is 4.09. The number of benzene rings is 2. The molecular weight excluding hydrogens is 550 g/mol. The van der Waals surface area contributed by atoms with E-state index in [1.165, 1.54) is 6.07 Å². The molecule has 10 heteroatoms. The molecule has 1 heterocycles. The molecule has 1 saturated heterocycles. The topological polar surface area (TPSA) is 36.9 Å². The van der Waals surface area contributed by atoms with Crippen LogP contribution in [0.3, 0.4) is 0 Å². The highest BCUT2D eigenvalue weighted by Crippen LogP contribution is 2.37. The summed E-state index contributed by atoms with van der Waals surface area (Å²) in [6.45, 7) is 3.69. The van der Waals surface area contributed by atoms with E-state index in [9.17, 15) is 26.3 Å². The Hall–Kier alpha value is -2.98. The highest BCUT2D eigenvalue weighted by atomic mass is 19.3. The van der Waals surface area contributed by atoms with Gasteiger partial charge in [-0.3, -0.25) is 0 Å². The zero-order chi connectivity index (χ0) is 29.4. The standard InChI is InChI=1S/C31H34F6O4/c1-2-20-18-38-30(39-19-20)23-10-7-21(8-11-23)5-3-4-6-22-9-16-26(27(32)17-22)31(36,37)41-25-14-12-24(13-15-25)40-29(35)28(33)34/h4,6,9,12-17,20-21,23,30H,2-3,5,7-8,10-11,18-19H2,1H3. The first kappa shape index (κ1) is 31.0. The molecule has 224 valence electrons. The minimum Gasteiger partial charge on any atom is -0.429 e. The van der Waals surface area contributed by atoms with Gasteiger partial charge in [-0.25, -0.2) is 4.39 Å². The maximum Gasteiger partial charge on any atom is 0.429 e. The number of allylic oxidation sites excluding steroid dienone is 1. The maximum atomic E-state index is 14.6. The fourth-order valence-electron chi connectivity index (χ4n) is 5.16. The van der Waals surface area contributed by atoms with E-state index in [0.29, 0.717) is 23.3 Å².